The van der Waals surface area contributed by atoms with Crippen LogP contribution in [0.25, 0.3) is 10.2 Å². The average molecular weight is 494 g/mol. The summed E-state index contributed by atoms with van der Waals surface area (Å²) in [4.78, 5) is 36.0. The molecule has 0 bridgehead atoms. The molecule has 2 aliphatic heterocycles. The Hall–Kier alpha value is -3.04. The Morgan fingerprint density at radius 3 is 2.51 bits per heavy atom. The van der Waals surface area contributed by atoms with Gasteiger partial charge in [0.15, 0.2) is 0 Å². The number of rotatable bonds is 4. The number of carbonyl (C=O) groups is 2. The molecule has 2 aliphatic rings. The molecule has 2 saturated heterocycles. The number of carbonyl (C=O) groups excluding carboxylic acids is 2. The van der Waals surface area contributed by atoms with Crippen molar-refractivity contribution in [2.24, 2.45) is 5.92 Å². The van der Waals surface area contributed by atoms with Crippen molar-refractivity contribution in [2.75, 3.05) is 49.6 Å². The van der Waals surface area contributed by atoms with Crippen molar-refractivity contribution in [3.05, 3.63) is 46.8 Å². The maximum absolute atomic E-state index is 13.5. The molecule has 35 heavy (non-hydrogen) atoms. The van der Waals surface area contributed by atoms with E-state index in [0.29, 0.717) is 45.0 Å². The number of piperidine rings is 1. The first-order valence-corrected chi connectivity index (χ1v) is 12.9. The molecular formula is C26H31N5O3S. The minimum absolute atomic E-state index is 0.0158. The Labute approximate surface area is 209 Å². The van der Waals surface area contributed by atoms with E-state index in [4.69, 9.17) is 4.74 Å². The Morgan fingerprint density at radius 1 is 1.06 bits per heavy atom. The first-order chi connectivity index (χ1) is 16.9. The second-order valence-electron chi connectivity index (χ2n) is 9.42. The highest BCUT2D eigenvalue weighted by Gasteiger charge is 2.31. The summed E-state index contributed by atoms with van der Waals surface area (Å²) < 4.78 is 9.94. The van der Waals surface area contributed by atoms with E-state index in [1.807, 2.05) is 30.0 Å². The lowest BCUT2D eigenvalue weighted by Gasteiger charge is -2.35. The Bertz CT molecular complexity index is 1260. The molecule has 5 rings (SSSR count). The lowest BCUT2D eigenvalue weighted by Crippen LogP contribution is -2.42. The van der Waals surface area contributed by atoms with Crippen LogP contribution in [0.2, 0.25) is 0 Å². The first kappa shape index (κ1) is 23.7. The molecule has 2 aromatic heterocycles. The van der Waals surface area contributed by atoms with Gasteiger partial charge in [-0.05, 0) is 68.4 Å². The van der Waals surface area contributed by atoms with Crippen LogP contribution in [0, 0.1) is 26.7 Å². The third-order valence-electron chi connectivity index (χ3n) is 7.13. The van der Waals surface area contributed by atoms with Gasteiger partial charge in [-0.15, -0.1) is 0 Å². The van der Waals surface area contributed by atoms with Crippen molar-refractivity contribution in [3.8, 4) is 0 Å². The third-order valence-corrected chi connectivity index (χ3v) is 7.98. The van der Waals surface area contributed by atoms with Crippen LogP contribution >= 0.6 is 11.5 Å². The van der Waals surface area contributed by atoms with Gasteiger partial charge in [-0.3, -0.25) is 9.59 Å². The van der Waals surface area contributed by atoms with E-state index in [0.717, 1.165) is 45.7 Å². The SMILES string of the molecule is Cc1ccc(NC(=O)C2CCN(c3c(C(=O)N4CCOCC4)cnc4snc(C)c34)CC2)cc1C. The minimum atomic E-state index is -0.0646. The zero-order chi connectivity index (χ0) is 24.5. The number of nitrogens with zero attached hydrogens (tertiary/aromatic N) is 4. The largest absolute Gasteiger partial charge is 0.378 e. The van der Waals surface area contributed by atoms with Gasteiger partial charge in [-0.1, -0.05) is 6.07 Å². The van der Waals surface area contributed by atoms with E-state index >= 15 is 0 Å². The third kappa shape index (κ3) is 4.75. The molecule has 4 heterocycles. The number of anilines is 2. The fraction of sp³-hybridized carbons (Fsp3) is 0.462. The number of morpholine rings is 1. The molecular weight excluding hydrogens is 462 g/mol. The molecule has 0 aliphatic carbocycles. The summed E-state index contributed by atoms with van der Waals surface area (Å²) in [5.41, 5.74) is 5.62. The summed E-state index contributed by atoms with van der Waals surface area (Å²) in [6.07, 6.45) is 3.15. The standard InChI is InChI=1S/C26H31N5O3S/c1-16-4-5-20(14-17(16)2)28-24(32)19-6-8-30(9-7-19)23-21(26(33)31-10-12-34-13-11-31)15-27-25-22(23)18(3)29-35-25/h4-5,14-15,19H,6-13H2,1-3H3,(H,28,32). The summed E-state index contributed by atoms with van der Waals surface area (Å²) in [6, 6.07) is 6.01. The molecule has 184 valence electrons. The van der Waals surface area contributed by atoms with Crippen molar-refractivity contribution >= 4 is 44.9 Å². The summed E-state index contributed by atoms with van der Waals surface area (Å²) in [7, 11) is 0. The molecule has 0 atom stereocenters. The van der Waals surface area contributed by atoms with Crippen LogP contribution in [0.3, 0.4) is 0 Å². The van der Waals surface area contributed by atoms with Crippen LogP contribution in [0.1, 0.15) is 40.0 Å². The van der Waals surface area contributed by atoms with Gasteiger partial charge < -0.3 is 19.9 Å². The molecule has 1 N–H and O–H groups in total. The van der Waals surface area contributed by atoms with Crippen LogP contribution in [0.15, 0.2) is 24.4 Å². The van der Waals surface area contributed by atoms with E-state index < -0.39 is 0 Å². The van der Waals surface area contributed by atoms with Gasteiger partial charge in [0.1, 0.15) is 4.83 Å². The number of nitrogens with one attached hydrogen (secondary N) is 1. The number of amides is 2. The fourth-order valence-corrected chi connectivity index (χ4v) is 5.64. The highest BCUT2D eigenvalue weighted by molar-refractivity contribution is 7.13. The topological polar surface area (TPSA) is 87.7 Å². The van der Waals surface area contributed by atoms with Gasteiger partial charge >= 0.3 is 0 Å². The monoisotopic (exact) mass is 493 g/mol. The minimum Gasteiger partial charge on any atom is -0.378 e. The highest BCUT2D eigenvalue weighted by atomic mass is 32.1. The molecule has 2 amide bonds. The summed E-state index contributed by atoms with van der Waals surface area (Å²) in [5.74, 6) is -0.0195. The van der Waals surface area contributed by atoms with Gasteiger partial charge in [0.05, 0.1) is 35.5 Å². The number of pyridine rings is 1. The normalized spacial score (nSPS) is 17.1. The number of benzene rings is 1. The fourth-order valence-electron chi connectivity index (χ4n) is 4.89. The highest BCUT2D eigenvalue weighted by Crippen LogP contribution is 2.37. The molecule has 2 fully saturated rings. The second kappa shape index (κ2) is 9.91. The lowest BCUT2D eigenvalue weighted by molar-refractivity contribution is -0.120. The molecule has 0 unspecified atom stereocenters. The van der Waals surface area contributed by atoms with Crippen molar-refractivity contribution in [2.45, 2.75) is 33.6 Å². The van der Waals surface area contributed by atoms with Crippen LogP contribution in [0.5, 0.6) is 0 Å². The van der Waals surface area contributed by atoms with Crippen LogP contribution in [-0.2, 0) is 9.53 Å². The van der Waals surface area contributed by atoms with Crippen LogP contribution < -0.4 is 10.2 Å². The van der Waals surface area contributed by atoms with Crippen molar-refractivity contribution in [3.63, 3.8) is 0 Å². The number of hydrogen-bond donors (Lipinski definition) is 1. The van der Waals surface area contributed by atoms with Gasteiger partial charge in [0.25, 0.3) is 5.91 Å². The molecule has 1 aromatic carbocycles. The van der Waals surface area contributed by atoms with Gasteiger partial charge in [0.2, 0.25) is 5.91 Å². The molecule has 3 aromatic rings. The average Bonchev–Trinajstić information content (AvgIpc) is 3.26. The van der Waals surface area contributed by atoms with E-state index in [1.165, 1.54) is 17.1 Å². The molecule has 8 nitrogen and oxygen atoms in total. The Morgan fingerprint density at radius 2 is 1.80 bits per heavy atom. The smallest absolute Gasteiger partial charge is 0.257 e. The number of hydrogen-bond acceptors (Lipinski definition) is 7. The first-order valence-electron chi connectivity index (χ1n) is 12.2. The van der Waals surface area contributed by atoms with Crippen LogP contribution in [-0.4, -0.2) is 65.5 Å². The Balaban J connectivity index is 1.36. The summed E-state index contributed by atoms with van der Waals surface area (Å²) in [6.45, 7) is 9.75. The number of fused-ring (bicyclic) bond motifs is 1. The Kier molecular flexibility index (Phi) is 6.71. The summed E-state index contributed by atoms with van der Waals surface area (Å²) in [5, 5.41) is 4.04. The van der Waals surface area contributed by atoms with Gasteiger partial charge in [0, 0.05) is 44.0 Å². The van der Waals surface area contributed by atoms with Crippen molar-refractivity contribution in [1.82, 2.24) is 14.3 Å². The van der Waals surface area contributed by atoms with Crippen molar-refractivity contribution < 1.29 is 14.3 Å². The molecule has 0 radical (unpaired) electrons. The lowest BCUT2D eigenvalue weighted by atomic mass is 9.94. The van der Waals surface area contributed by atoms with Crippen LogP contribution in [0.4, 0.5) is 11.4 Å². The molecule has 9 heteroatoms. The predicted molar refractivity (Wildman–Crippen MR) is 138 cm³/mol. The quantitative estimate of drug-likeness (QED) is 0.592. The van der Waals surface area contributed by atoms with E-state index in [9.17, 15) is 9.59 Å². The molecule has 0 saturated carbocycles. The van der Waals surface area contributed by atoms with E-state index in [-0.39, 0.29) is 17.7 Å². The number of ether oxygens (including phenoxy) is 1. The van der Waals surface area contributed by atoms with Gasteiger partial charge in [-0.25, -0.2) is 4.98 Å². The predicted octanol–water partition coefficient (Wildman–Crippen LogP) is 3.94. The maximum Gasteiger partial charge on any atom is 0.257 e. The van der Waals surface area contributed by atoms with Gasteiger partial charge in [-0.2, -0.15) is 4.37 Å². The zero-order valence-corrected chi connectivity index (χ0v) is 21.3. The molecule has 0 spiro atoms. The maximum atomic E-state index is 13.5. The number of aromatic nitrogens is 2. The van der Waals surface area contributed by atoms with E-state index in [1.54, 1.807) is 6.20 Å². The number of aryl methyl sites for hydroxylation is 3. The zero-order valence-electron chi connectivity index (χ0n) is 20.5. The second-order valence-corrected chi connectivity index (χ2v) is 10.2. The van der Waals surface area contributed by atoms with E-state index in [2.05, 4.69) is 33.4 Å². The van der Waals surface area contributed by atoms with Crippen molar-refractivity contribution in [1.29, 1.82) is 0 Å². The summed E-state index contributed by atoms with van der Waals surface area (Å²) >= 11 is 1.36.